The highest BCUT2D eigenvalue weighted by Gasteiger charge is 2.24. The van der Waals surface area contributed by atoms with Crippen LogP contribution in [0.2, 0.25) is 0 Å². The summed E-state index contributed by atoms with van der Waals surface area (Å²) >= 11 is 0. The Morgan fingerprint density at radius 1 is 1.22 bits per heavy atom. The summed E-state index contributed by atoms with van der Waals surface area (Å²) in [6.07, 6.45) is 4.30. The molecule has 3 heterocycles. The molecule has 0 saturated carbocycles. The molecule has 1 aliphatic heterocycles. The second-order valence-electron chi connectivity index (χ2n) is 6.46. The van der Waals surface area contributed by atoms with Crippen LogP contribution in [0, 0.1) is 6.92 Å². The summed E-state index contributed by atoms with van der Waals surface area (Å²) in [5, 5.41) is 0. The molecule has 1 saturated heterocycles. The van der Waals surface area contributed by atoms with Gasteiger partial charge < -0.3 is 4.98 Å². The van der Waals surface area contributed by atoms with Gasteiger partial charge in [0.2, 0.25) is 0 Å². The Bertz CT molecular complexity index is 775. The molecule has 2 aromatic heterocycles. The van der Waals surface area contributed by atoms with Gasteiger partial charge in [0.25, 0.3) is 0 Å². The second kappa shape index (κ2) is 6.13. The van der Waals surface area contributed by atoms with Crippen molar-refractivity contribution in [3.63, 3.8) is 0 Å². The van der Waals surface area contributed by atoms with E-state index >= 15 is 0 Å². The van der Waals surface area contributed by atoms with Crippen LogP contribution in [0.15, 0.2) is 42.6 Å². The van der Waals surface area contributed by atoms with Crippen LogP contribution in [0.3, 0.4) is 0 Å². The van der Waals surface area contributed by atoms with Gasteiger partial charge in [-0.1, -0.05) is 18.2 Å². The maximum atomic E-state index is 4.80. The minimum Gasteiger partial charge on any atom is -0.342 e. The van der Waals surface area contributed by atoms with E-state index in [1.165, 1.54) is 18.4 Å². The van der Waals surface area contributed by atoms with Gasteiger partial charge in [0, 0.05) is 30.9 Å². The van der Waals surface area contributed by atoms with Crippen LogP contribution in [-0.2, 0) is 6.54 Å². The zero-order valence-electron chi connectivity index (χ0n) is 13.5. The number of para-hydroxylation sites is 2. The smallest absolute Gasteiger partial charge is 0.111 e. The van der Waals surface area contributed by atoms with Crippen molar-refractivity contribution in [1.29, 1.82) is 0 Å². The molecule has 0 spiro atoms. The molecule has 118 valence electrons. The lowest BCUT2D eigenvalue weighted by Crippen LogP contribution is -2.34. The number of hydrogen-bond donors (Lipinski definition) is 1. The monoisotopic (exact) mass is 306 g/mol. The highest BCUT2D eigenvalue weighted by Crippen LogP contribution is 2.27. The number of aryl methyl sites for hydroxylation is 1. The first-order valence-electron chi connectivity index (χ1n) is 8.37. The normalized spacial score (nSPS) is 19.3. The van der Waals surface area contributed by atoms with Gasteiger partial charge in [-0.2, -0.15) is 0 Å². The standard InChI is InChI=1S/C19H22N4/c1-14-15(6-4-10-20-14)12-23-11-5-7-16(13-23)19-21-17-8-2-3-9-18(17)22-19/h2-4,6,8-10,16H,5,7,11-13H2,1H3,(H,21,22). The molecule has 0 bridgehead atoms. The van der Waals surface area contributed by atoms with Crippen molar-refractivity contribution in [1.82, 2.24) is 19.9 Å². The van der Waals surface area contributed by atoms with Crippen molar-refractivity contribution < 1.29 is 0 Å². The lowest BCUT2D eigenvalue weighted by atomic mass is 9.97. The van der Waals surface area contributed by atoms with E-state index in [1.54, 1.807) is 0 Å². The second-order valence-corrected chi connectivity index (χ2v) is 6.46. The minimum absolute atomic E-state index is 0.494. The number of aromatic amines is 1. The van der Waals surface area contributed by atoms with Gasteiger partial charge in [-0.25, -0.2) is 4.98 Å². The number of fused-ring (bicyclic) bond motifs is 1. The SMILES string of the molecule is Cc1ncccc1CN1CCCC(c2nc3ccccc3[nH]2)C1. The molecule has 4 rings (SSSR count). The molecule has 4 heteroatoms. The third-order valence-electron chi connectivity index (χ3n) is 4.81. The predicted molar refractivity (Wildman–Crippen MR) is 92.3 cm³/mol. The number of benzene rings is 1. The number of H-pyrrole nitrogens is 1. The van der Waals surface area contributed by atoms with Crippen molar-refractivity contribution in [3.05, 3.63) is 59.7 Å². The molecule has 4 nitrogen and oxygen atoms in total. The Kier molecular flexibility index (Phi) is 3.83. The average molecular weight is 306 g/mol. The minimum atomic E-state index is 0.494. The summed E-state index contributed by atoms with van der Waals surface area (Å²) in [6.45, 7) is 5.30. The highest BCUT2D eigenvalue weighted by molar-refractivity contribution is 5.74. The molecule has 1 fully saturated rings. The van der Waals surface area contributed by atoms with Gasteiger partial charge >= 0.3 is 0 Å². The van der Waals surface area contributed by atoms with E-state index in [1.807, 2.05) is 18.3 Å². The van der Waals surface area contributed by atoms with Gasteiger partial charge in [-0.3, -0.25) is 9.88 Å². The van der Waals surface area contributed by atoms with E-state index in [0.29, 0.717) is 5.92 Å². The first-order chi connectivity index (χ1) is 11.3. The van der Waals surface area contributed by atoms with Crippen molar-refractivity contribution in [2.45, 2.75) is 32.2 Å². The topological polar surface area (TPSA) is 44.8 Å². The van der Waals surface area contributed by atoms with E-state index in [4.69, 9.17) is 4.98 Å². The van der Waals surface area contributed by atoms with Crippen LogP contribution in [0.4, 0.5) is 0 Å². The quantitative estimate of drug-likeness (QED) is 0.803. The predicted octanol–water partition coefficient (Wildman–Crippen LogP) is 3.65. The van der Waals surface area contributed by atoms with E-state index in [9.17, 15) is 0 Å². The molecule has 0 amide bonds. The summed E-state index contributed by atoms with van der Waals surface area (Å²) in [7, 11) is 0. The summed E-state index contributed by atoms with van der Waals surface area (Å²) < 4.78 is 0. The number of nitrogens with one attached hydrogen (secondary N) is 1. The lowest BCUT2D eigenvalue weighted by Gasteiger charge is -2.32. The van der Waals surface area contributed by atoms with Crippen molar-refractivity contribution in [3.8, 4) is 0 Å². The molecule has 3 aromatic rings. The first kappa shape index (κ1) is 14.4. The number of pyridine rings is 1. The summed E-state index contributed by atoms with van der Waals surface area (Å²) in [5.41, 5.74) is 4.68. The number of aromatic nitrogens is 3. The van der Waals surface area contributed by atoms with Gasteiger partial charge in [-0.15, -0.1) is 0 Å². The van der Waals surface area contributed by atoms with Crippen molar-refractivity contribution in [2.75, 3.05) is 13.1 Å². The molecule has 1 N–H and O–H groups in total. The average Bonchev–Trinajstić information content (AvgIpc) is 3.01. The van der Waals surface area contributed by atoms with Gasteiger partial charge in [0.1, 0.15) is 5.82 Å². The van der Waals surface area contributed by atoms with Crippen LogP contribution < -0.4 is 0 Å². The fourth-order valence-corrected chi connectivity index (χ4v) is 3.51. The maximum absolute atomic E-state index is 4.80. The van der Waals surface area contributed by atoms with E-state index in [0.717, 1.165) is 42.2 Å². The van der Waals surface area contributed by atoms with Gasteiger partial charge in [0.15, 0.2) is 0 Å². The van der Waals surface area contributed by atoms with Crippen LogP contribution >= 0.6 is 0 Å². The number of imidazole rings is 1. The summed E-state index contributed by atoms with van der Waals surface area (Å²) in [6, 6.07) is 12.5. The third-order valence-corrected chi connectivity index (χ3v) is 4.81. The van der Waals surface area contributed by atoms with Crippen LogP contribution in [0.25, 0.3) is 11.0 Å². The van der Waals surface area contributed by atoms with Crippen LogP contribution in [0.5, 0.6) is 0 Å². The van der Waals surface area contributed by atoms with Crippen molar-refractivity contribution in [2.24, 2.45) is 0 Å². The summed E-state index contributed by atoms with van der Waals surface area (Å²) in [5.74, 6) is 1.63. The Hall–Kier alpha value is -2.20. The zero-order valence-corrected chi connectivity index (χ0v) is 13.5. The van der Waals surface area contributed by atoms with Crippen LogP contribution in [0.1, 0.15) is 35.8 Å². The van der Waals surface area contributed by atoms with Gasteiger partial charge in [0.05, 0.1) is 11.0 Å². The Morgan fingerprint density at radius 3 is 3.00 bits per heavy atom. The Balaban J connectivity index is 1.51. The number of rotatable bonds is 3. The largest absolute Gasteiger partial charge is 0.342 e. The van der Waals surface area contributed by atoms with Gasteiger partial charge in [-0.05, 0) is 50.1 Å². The highest BCUT2D eigenvalue weighted by atomic mass is 15.1. The molecule has 23 heavy (non-hydrogen) atoms. The molecule has 0 radical (unpaired) electrons. The van der Waals surface area contributed by atoms with E-state index in [-0.39, 0.29) is 0 Å². The van der Waals surface area contributed by atoms with E-state index < -0.39 is 0 Å². The summed E-state index contributed by atoms with van der Waals surface area (Å²) in [4.78, 5) is 15.3. The molecule has 1 atom stereocenters. The molecule has 1 aliphatic rings. The first-order valence-corrected chi connectivity index (χ1v) is 8.37. The zero-order chi connectivity index (χ0) is 15.6. The lowest BCUT2D eigenvalue weighted by molar-refractivity contribution is 0.196. The maximum Gasteiger partial charge on any atom is 0.111 e. The molecular formula is C19H22N4. The molecule has 1 unspecified atom stereocenters. The number of hydrogen-bond acceptors (Lipinski definition) is 3. The van der Waals surface area contributed by atoms with Crippen LogP contribution in [-0.4, -0.2) is 32.9 Å². The van der Waals surface area contributed by atoms with E-state index in [2.05, 4.69) is 46.1 Å². The number of nitrogens with zero attached hydrogens (tertiary/aromatic N) is 3. The Morgan fingerprint density at radius 2 is 2.13 bits per heavy atom. The molecule has 0 aliphatic carbocycles. The number of likely N-dealkylation sites (tertiary alicyclic amines) is 1. The van der Waals surface area contributed by atoms with Crippen molar-refractivity contribution >= 4 is 11.0 Å². The molecular weight excluding hydrogens is 284 g/mol. The molecule has 1 aromatic carbocycles. The fraction of sp³-hybridized carbons (Fsp3) is 0.368. The third kappa shape index (κ3) is 2.99. The Labute approximate surface area is 136 Å². The fourth-order valence-electron chi connectivity index (χ4n) is 3.51. The number of piperidine rings is 1.